The van der Waals surface area contributed by atoms with Gasteiger partial charge < -0.3 is 10.1 Å². The van der Waals surface area contributed by atoms with Crippen molar-refractivity contribution in [3.63, 3.8) is 0 Å². The highest BCUT2D eigenvalue weighted by molar-refractivity contribution is 7.80. The standard InChI is InChI=1S/C16H13Cl3N2O2S/c1-9-11(18)3-2-4-13(9)20-16(24)21-15(22)8-23-14-6-5-10(17)7-12(14)19/h2-7H,8H2,1H3,(H2,20,21,22,24). The first-order valence-corrected chi connectivity index (χ1v) is 8.35. The van der Waals surface area contributed by atoms with Crippen LogP contribution in [0.1, 0.15) is 5.56 Å². The highest BCUT2D eigenvalue weighted by Crippen LogP contribution is 2.27. The van der Waals surface area contributed by atoms with Gasteiger partial charge in [-0.05, 0) is 55.0 Å². The number of anilines is 1. The van der Waals surface area contributed by atoms with Crippen LogP contribution >= 0.6 is 47.0 Å². The van der Waals surface area contributed by atoms with Crippen molar-refractivity contribution in [2.45, 2.75) is 6.92 Å². The van der Waals surface area contributed by atoms with Crippen LogP contribution in [0.5, 0.6) is 5.75 Å². The van der Waals surface area contributed by atoms with Crippen LogP contribution < -0.4 is 15.4 Å². The fraction of sp³-hybridized carbons (Fsp3) is 0.125. The quantitative estimate of drug-likeness (QED) is 0.717. The number of thiocarbonyl (C=S) groups is 1. The summed E-state index contributed by atoms with van der Waals surface area (Å²) in [6.07, 6.45) is 0. The maximum absolute atomic E-state index is 11.9. The van der Waals surface area contributed by atoms with E-state index in [1.807, 2.05) is 13.0 Å². The van der Waals surface area contributed by atoms with Gasteiger partial charge in [-0.3, -0.25) is 10.1 Å². The Bertz CT molecular complexity index is 784. The zero-order valence-electron chi connectivity index (χ0n) is 12.5. The lowest BCUT2D eigenvalue weighted by atomic mass is 10.2. The van der Waals surface area contributed by atoms with Crippen molar-refractivity contribution in [2.24, 2.45) is 0 Å². The first-order chi connectivity index (χ1) is 11.4. The number of hydrogen-bond acceptors (Lipinski definition) is 3. The molecule has 2 rings (SSSR count). The molecule has 0 unspecified atom stereocenters. The first kappa shape index (κ1) is 18.8. The van der Waals surface area contributed by atoms with Gasteiger partial charge in [-0.1, -0.05) is 40.9 Å². The Labute approximate surface area is 160 Å². The summed E-state index contributed by atoms with van der Waals surface area (Å²) in [5.41, 5.74) is 1.55. The second kappa shape index (κ2) is 8.53. The smallest absolute Gasteiger partial charge is 0.264 e. The third kappa shape index (κ3) is 5.24. The minimum atomic E-state index is -0.418. The van der Waals surface area contributed by atoms with Crippen LogP contribution in [-0.4, -0.2) is 17.6 Å². The Morgan fingerprint density at radius 2 is 1.92 bits per heavy atom. The van der Waals surface area contributed by atoms with Gasteiger partial charge in [0.2, 0.25) is 0 Å². The molecule has 0 atom stereocenters. The van der Waals surface area contributed by atoms with Crippen molar-refractivity contribution >= 4 is 63.7 Å². The summed E-state index contributed by atoms with van der Waals surface area (Å²) in [7, 11) is 0. The van der Waals surface area contributed by atoms with Gasteiger partial charge >= 0.3 is 0 Å². The van der Waals surface area contributed by atoms with Gasteiger partial charge in [0.1, 0.15) is 5.75 Å². The van der Waals surface area contributed by atoms with Gasteiger partial charge in [-0.15, -0.1) is 0 Å². The minimum absolute atomic E-state index is 0.149. The van der Waals surface area contributed by atoms with E-state index in [-0.39, 0.29) is 11.7 Å². The Morgan fingerprint density at radius 1 is 1.17 bits per heavy atom. The fourth-order valence-corrected chi connectivity index (χ4v) is 2.66. The normalized spacial score (nSPS) is 10.2. The Kier molecular flexibility index (Phi) is 6.69. The molecule has 0 fully saturated rings. The molecule has 24 heavy (non-hydrogen) atoms. The number of amides is 1. The molecule has 0 saturated heterocycles. The number of carbonyl (C=O) groups is 1. The van der Waals surface area contributed by atoms with Gasteiger partial charge in [0, 0.05) is 15.7 Å². The van der Waals surface area contributed by atoms with E-state index in [0.717, 1.165) is 11.3 Å². The summed E-state index contributed by atoms with van der Waals surface area (Å²) in [4.78, 5) is 11.9. The molecule has 1 amide bonds. The van der Waals surface area contributed by atoms with Gasteiger partial charge in [-0.25, -0.2) is 0 Å². The lowest BCUT2D eigenvalue weighted by Crippen LogP contribution is -2.37. The Hall–Kier alpha value is -1.53. The molecule has 0 bridgehead atoms. The summed E-state index contributed by atoms with van der Waals surface area (Å²) < 4.78 is 5.34. The first-order valence-electron chi connectivity index (χ1n) is 6.80. The molecule has 2 N–H and O–H groups in total. The van der Waals surface area contributed by atoms with Crippen LogP contribution in [0.15, 0.2) is 36.4 Å². The van der Waals surface area contributed by atoms with Crippen molar-refractivity contribution in [3.05, 3.63) is 57.0 Å². The van der Waals surface area contributed by atoms with E-state index in [0.29, 0.717) is 20.8 Å². The molecule has 0 radical (unpaired) electrons. The predicted octanol–water partition coefficient (Wildman–Crippen LogP) is 4.85. The summed E-state index contributed by atoms with van der Waals surface area (Å²) in [5.74, 6) is -0.0565. The number of hydrogen-bond donors (Lipinski definition) is 2. The molecule has 8 heteroatoms. The molecule has 0 heterocycles. The van der Waals surface area contributed by atoms with E-state index >= 15 is 0 Å². The molecule has 0 aliphatic rings. The number of halogens is 3. The number of ether oxygens (including phenoxy) is 1. The summed E-state index contributed by atoms with van der Waals surface area (Å²) >= 11 is 22.9. The van der Waals surface area contributed by atoms with E-state index in [1.54, 1.807) is 24.3 Å². The zero-order chi connectivity index (χ0) is 17.7. The maximum Gasteiger partial charge on any atom is 0.264 e. The summed E-state index contributed by atoms with van der Waals surface area (Å²) in [5, 5.41) is 7.00. The molecular formula is C16H13Cl3N2O2S. The number of nitrogens with one attached hydrogen (secondary N) is 2. The third-order valence-electron chi connectivity index (χ3n) is 3.02. The average Bonchev–Trinajstić information content (AvgIpc) is 2.51. The molecular weight excluding hydrogens is 391 g/mol. The van der Waals surface area contributed by atoms with Crippen molar-refractivity contribution in [2.75, 3.05) is 11.9 Å². The van der Waals surface area contributed by atoms with Crippen LogP contribution in [0.3, 0.4) is 0 Å². The molecule has 126 valence electrons. The topological polar surface area (TPSA) is 50.4 Å². The van der Waals surface area contributed by atoms with Crippen LogP contribution in [0.2, 0.25) is 15.1 Å². The van der Waals surface area contributed by atoms with Crippen molar-refractivity contribution in [3.8, 4) is 5.75 Å². The van der Waals surface area contributed by atoms with E-state index < -0.39 is 5.91 Å². The number of rotatable bonds is 4. The van der Waals surface area contributed by atoms with E-state index in [4.69, 9.17) is 51.8 Å². The van der Waals surface area contributed by atoms with Gasteiger partial charge in [-0.2, -0.15) is 0 Å². The Balaban J connectivity index is 1.87. The fourth-order valence-electron chi connectivity index (χ4n) is 1.79. The molecule has 2 aromatic carbocycles. The maximum atomic E-state index is 11.9. The number of carbonyl (C=O) groups excluding carboxylic acids is 1. The molecule has 0 spiro atoms. The Morgan fingerprint density at radius 3 is 2.62 bits per heavy atom. The molecule has 4 nitrogen and oxygen atoms in total. The number of benzene rings is 2. The zero-order valence-corrected chi connectivity index (χ0v) is 15.6. The van der Waals surface area contributed by atoms with Crippen LogP contribution in [0.4, 0.5) is 5.69 Å². The second-order valence-corrected chi connectivity index (χ2v) is 6.44. The van der Waals surface area contributed by atoms with Gasteiger partial charge in [0.15, 0.2) is 11.7 Å². The largest absolute Gasteiger partial charge is 0.482 e. The summed E-state index contributed by atoms with van der Waals surface area (Å²) in [6.45, 7) is 1.61. The van der Waals surface area contributed by atoms with E-state index in [1.165, 1.54) is 6.07 Å². The molecule has 0 aliphatic carbocycles. The molecule has 0 saturated carbocycles. The van der Waals surface area contributed by atoms with Crippen molar-refractivity contribution in [1.29, 1.82) is 0 Å². The molecule has 0 aliphatic heterocycles. The SMILES string of the molecule is Cc1c(Cl)cccc1NC(=S)NC(=O)COc1ccc(Cl)cc1Cl. The highest BCUT2D eigenvalue weighted by Gasteiger charge is 2.10. The monoisotopic (exact) mass is 402 g/mol. The summed E-state index contributed by atoms with van der Waals surface area (Å²) in [6, 6.07) is 10.1. The average molecular weight is 404 g/mol. The van der Waals surface area contributed by atoms with Gasteiger partial charge in [0.25, 0.3) is 5.91 Å². The molecule has 2 aromatic rings. The third-order valence-corrected chi connectivity index (χ3v) is 4.17. The van der Waals surface area contributed by atoms with Gasteiger partial charge in [0.05, 0.1) is 5.02 Å². The van der Waals surface area contributed by atoms with Crippen LogP contribution in [-0.2, 0) is 4.79 Å². The predicted molar refractivity (Wildman–Crippen MR) is 103 cm³/mol. The van der Waals surface area contributed by atoms with Crippen molar-refractivity contribution < 1.29 is 9.53 Å². The lowest BCUT2D eigenvalue weighted by Gasteiger charge is -2.13. The minimum Gasteiger partial charge on any atom is -0.482 e. The van der Waals surface area contributed by atoms with E-state index in [2.05, 4.69) is 10.6 Å². The molecule has 0 aromatic heterocycles. The second-order valence-electron chi connectivity index (χ2n) is 4.78. The highest BCUT2D eigenvalue weighted by atomic mass is 35.5. The van der Waals surface area contributed by atoms with E-state index in [9.17, 15) is 4.79 Å². The van der Waals surface area contributed by atoms with Crippen LogP contribution in [0, 0.1) is 6.92 Å². The van der Waals surface area contributed by atoms with Crippen LogP contribution in [0.25, 0.3) is 0 Å². The van der Waals surface area contributed by atoms with Crippen molar-refractivity contribution in [1.82, 2.24) is 5.32 Å². The lowest BCUT2D eigenvalue weighted by molar-refractivity contribution is -0.121.